The molecule has 2 fully saturated rings. The van der Waals surface area contributed by atoms with Gasteiger partial charge in [0.1, 0.15) is 0 Å². The third kappa shape index (κ3) is 2.47. The molecule has 0 aromatic rings. The fourth-order valence-electron chi connectivity index (χ4n) is 2.69. The van der Waals surface area contributed by atoms with E-state index in [2.05, 4.69) is 17.3 Å². The maximum absolute atomic E-state index is 6.08. The highest BCUT2D eigenvalue weighted by atomic mass is 15.2. The number of hydrogen-bond donors (Lipinski definition) is 2. The zero-order chi connectivity index (χ0) is 9.97. The van der Waals surface area contributed by atoms with Gasteiger partial charge in [-0.3, -0.25) is 0 Å². The molecule has 0 radical (unpaired) electrons. The Hall–Kier alpha value is -0.120. The molecule has 0 bridgehead atoms. The topological polar surface area (TPSA) is 41.3 Å². The summed E-state index contributed by atoms with van der Waals surface area (Å²) in [6.07, 6.45) is 5.17. The van der Waals surface area contributed by atoms with Crippen LogP contribution >= 0.6 is 0 Å². The van der Waals surface area contributed by atoms with Crippen LogP contribution in [0.1, 0.15) is 25.7 Å². The Morgan fingerprint density at radius 1 is 1.29 bits per heavy atom. The van der Waals surface area contributed by atoms with Gasteiger partial charge in [0.2, 0.25) is 0 Å². The second-order valence-electron chi connectivity index (χ2n) is 5.05. The molecule has 1 aliphatic carbocycles. The monoisotopic (exact) mass is 197 g/mol. The number of rotatable bonds is 3. The summed E-state index contributed by atoms with van der Waals surface area (Å²) in [5.74, 6) is 0.870. The molecule has 2 rings (SSSR count). The first kappa shape index (κ1) is 10.4. The van der Waals surface area contributed by atoms with Gasteiger partial charge in [0.15, 0.2) is 0 Å². The minimum absolute atomic E-state index is 0.404. The Kier molecular flexibility index (Phi) is 3.42. The van der Waals surface area contributed by atoms with E-state index < -0.39 is 0 Å². The average Bonchev–Trinajstić information content (AvgIpc) is 2.13. The molecule has 0 spiro atoms. The average molecular weight is 197 g/mol. The highest BCUT2D eigenvalue weighted by Gasteiger charge is 2.26. The summed E-state index contributed by atoms with van der Waals surface area (Å²) in [7, 11) is 2.18. The molecule has 1 saturated heterocycles. The summed E-state index contributed by atoms with van der Waals surface area (Å²) in [5.41, 5.74) is 6.08. The largest absolute Gasteiger partial charge is 0.326 e. The number of likely N-dealkylation sites (tertiary alicyclic amines) is 1. The van der Waals surface area contributed by atoms with E-state index in [-0.39, 0.29) is 0 Å². The highest BCUT2D eigenvalue weighted by molar-refractivity contribution is 4.86. The van der Waals surface area contributed by atoms with Crippen molar-refractivity contribution in [2.24, 2.45) is 11.7 Å². The molecule has 14 heavy (non-hydrogen) atoms. The molecule has 3 heteroatoms. The van der Waals surface area contributed by atoms with Crippen molar-refractivity contribution in [2.45, 2.75) is 37.8 Å². The third-order valence-electron chi connectivity index (χ3n) is 3.63. The van der Waals surface area contributed by atoms with Gasteiger partial charge in [0, 0.05) is 31.7 Å². The maximum atomic E-state index is 6.08. The molecule has 1 saturated carbocycles. The SMILES string of the molecule is CN1CC(CNC2CCCCC2N)C1. The van der Waals surface area contributed by atoms with Crippen LogP contribution in [0.25, 0.3) is 0 Å². The first-order chi connectivity index (χ1) is 6.75. The van der Waals surface area contributed by atoms with Gasteiger partial charge in [-0.05, 0) is 25.8 Å². The molecule has 2 aliphatic rings. The highest BCUT2D eigenvalue weighted by Crippen LogP contribution is 2.18. The second kappa shape index (κ2) is 4.60. The molecule has 2 unspecified atom stereocenters. The van der Waals surface area contributed by atoms with Crippen LogP contribution in [-0.2, 0) is 0 Å². The predicted molar refractivity (Wildman–Crippen MR) is 59.2 cm³/mol. The van der Waals surface area contributed by atoms with Crippen molar-refractivity contribution < 1.29 is 0 Å². The van der Waals surface area contributed by atoms with E-state index in [0.717, 1.165) is 5.92 Å². The summed E-state index contributed by atoms with van der Waals surface area (Å²) in [6, 6.07) is 0.996. The van der Waals surface area contributed by atoms with Crippen molar-refractivity contribution in [3.63, 3.8) is 0 Å². The Morgan fingerprint density at radius 2 is 2.00 bits per heavy atom. The minimum Gasteiger partial charge on any atom is -0.326 e. The lowest BCUT2D eigenvalue weighted by Gasteiger charge is -2.38. The molecule has 0 amide bonds. The molecular weight excluding hydrogens is 174 g/mol. The van der Waals surface area contributed by atoms with Crippen LogP contribution in [-0.4, -0.2) is 43.7 Å². The summed E-state index contributed by atoms with van der Waals surface area (Å²) in [4.78, 5) is 2.37. The molecular formula is C11H23N3. The number of nitrogens with one attached hydrogen (secondary N) is 1. The fraction of sp³-hybridized carbons (Fsp3) is 1.00. The molecule has 3 nitrogen and oxygen atoms in total. The molecule has 1 heterocycles. The van der Waals surface area contributed by atoms with Crippen LogP contribution in [0.3, 0.4) is 0 Å². The fourth-order valence-corrected chi connectivity index (χ4v) is 2.69. The normalized spacial score (nSPS) is 35.6. The molecule has 82 valence electrons. The van der Waals surface area contributed by atoms with E-state index in [0.29, 0.717) is 12.1 Å². The van der Waals surface area contributed by atoms with E-state index >= 15 is 0 Å². The summed E-state index contributed by atoms with van der Waals surface area (Å²) in [5, 5.41) is 3.64. The van der Waals surface area contributed by atoms with Crippen molar-refractivity contribution in [3.8, 4) is 0 Å². The molecule has 2 atom stereocenters. The molecule has 3 N–H and O–H groups in total. The van der Waals surface area contributed by atoms with E-state index in [9.17, 15) is 0 Å². The predicted octanol–water partition coefficient (Wildman–Crippen LogP) is 0.408. The molecule has 0 aromatic carbocycles. The summed E-state index contributed by atoms with van der Waals surface area (Å²) in [6.45, 7) is 3.69. The van der Waals surface area contributed by atoms with Crippen molar-refractivity contribution in [2.75, 3.05) is 26.7 Å². The van der Waals surface area contributed by atoms with E-state index in [4.69, 9.17) is 5.73 Å². The molecule has 1 aliphatic heterocycles. The third-order valence-corrected chi connectivity index (χ3v) is 3.63. The van der Waals surface area contributed by atoms with Crippen LogP contribution in [0.4, 0.5) is 0 Å². The van der Waals surface area contributed by atoms with Gasteiger partial charge in [0.25, 0.3) is 0 Å². The lowest BCUT2D eigenvalue weighted by Crippen LogP contribution is -2.53. The van der Waals surface area contributed by atoms with Gasteiger partial charge in [0.05, 0.1) is 0 Å². The number of nitrogens with zero attached hydrogens (tertiary/aromatic N) is 1. The smallest absolute Gasteiger partial charge is 0.0219 e. The van der Waals surface area contributed by atoms with Gasteiger partial charge in [-0.25, -0.2) is 0 Å². The lowest BCUT2D eigenvalue weighted by molar-refractivity contribution is 0.126. The van der Waals surface area contributed by atoms with E-state index in [1.807, 2.05) is 0 Å². The lowest BCUT2D eigenvalue weighted by atomic mass is 9.90. The van der Waals surface area contributed by atoms with Crippen LogP contribution in [0.15, 0.2) is 0 Å². The zero-order valence-electron chi connectivity index (χ0n) is 9.21. The number of hydrogen-bond acceptors (Lipinski definition) is 3. The van der Waals surface area contributed by atoms with Crippen molar-refractivity contribution in [3.05, 3.63) is 0 Å². The second-order valence-corrected chi connectivity index (χ2v) is 5.05. The first-order valence-electron chi connectivity index (χ1n) is 5.93. The number of nitrogens with two attached hydrogens (primary N) is 1. The van der Waals surface area contributed by atoms with Crippen molar-refractivity contribution >= 4 is 0 Å². The summed E-state index contributed by atoms with van der Waals surface area (Å²) < 4.78 is 0. The standard InChI is InChI=1S/C11H23N3/c1-14-7-9(8-14)6-13-11-5-3-2-4-10(11)12/h9-11,13H,2-8,12H2,1H3. The maximum Gasteiger partial charge on any atom is 0.0219 e. The van der Waals surface area contributed by atoms with Crippen molar-refractivity contribution in [1.82, 2.24) is 10.2 Å². The van der Waals surface area contributed by atoms with Gasteiger partial charge in [-0.1, -0.05) is 12.8 Å². The van der Waals surface area contributed by atoms with Crippen LogP contribution < -0.4 is 11.1 Å². The Balaban J connectivity index is 1.64. The Morgan fingerprint density at radius 3 is 2.64 bits per heavy atom. The zero-order valence-corrected chi connectivity index (χ0v) is 9.21. The first-order valence-corrected chi connectivity index (χ1v) is 5.93. The van der Waals surface area contributed by atoms with Gasteiger partial charge in [-0.15, -0.1) is 0 Å². The van der Waals surface area contributed by atoms with Crippen LogP contribution in [0, 0.1) is 5.92 Å². The van der Waals surface area contributed by atoms with Gasteiger partial charge in [-0.2, -0.15) is 0 Å². The van der Waals surface area contributed by atoms with Crippen LogP contribution in [0.5, 0.6) is 0 Å². The molecule has 0 aromatic heterocycles. The van der Waals surface area contributed by atoms with E-state index in [1.54, 1.807) is 0 Å². The van der Waals surface area contributed by atoms with Gasteiger partial charge < -0.3 is 16.0 Å². The van der Waals surface area contributed by atoms with Crippen molar-refractivity contribution in [1.29, 1.82) is 0 Å². The van der Waals surface area contributed by atoms with Gasteiger partial charge >= 0.3 is 0 Å². The quantitative estimate of drug-likeness (QED) is 0.688. The van der Waals surface area contributed by atoms with Crippen LogP contribution in [0.2, 0.25) is 0 Å². The minimum atomic E-state index is 0.404. The van der Waals surface area contributed by atoms with E-state index in [1.165, 1.54) is 45.3 Å². The Labute approximate surface area is 87.0 Å². The Bertz CT molecular complexity index is 177. The summed E-state index contributed by atoms with van der Waals surface area (Å²) >= 11 is 0.